The Bertz CT molecular complexity index is 223. The molecule has 10 heavy (non-hydrogen) atoms. The Hall–Kier alpha value is -0.700. The Morgan fingerprint density at radius 2 is 2.00 bits per heavy atom. The lowest BCUT2D eigenvalue weighted by atomic mass is 10.2. The minimum absolute atomic E-state index is 0.00694. The molecule has 0 nitrogen and oxygen atoms in total. The lowest BCUT2D eigenvalue weighted by Gasteiger charge is -1.97. The molecule has 0 aliphatic heterocycles. The second-order valence-corrected chi connectivity index (χ2v) is 2.34. The van der Waals surface area contributed by atoms with E-state index in [1.54, 1.807) is 6.07 Å². The fourth-order valence-corrected chi connectivity index (χ4v) is 0.865. The van der Waals surface area contributed by atoms with E-state index in [-0.39, 0.29) is 5.56 Å². The topological polar surface area (TPSA) is 0 Å². The molecule has 1 rings (SSSR count). The molecule has 0 aliphatic carbocycles. The number of hydrogen-bond acceptors (Lipinski definition) is 0. The van der Waals surface area contributed by atoms with Gasteiger partial charge in [0.25, 0.3) is 6.43 Å². The van der Waals surface area contributed by atoms with E-state index in [1.165, 1.54) is 18.2 Å². The molecular weight excluding hydrogens is 154 g/mol. The minimum atomic E-state index is -2.41. The molecule has 0 unspecified atom stereocenters. The van der Waals surface area contributed by atoms with Crippen molar-refractivity contribution in [1.82, 2.24) is 0 Å². The van der Waals surface area contributed by atoms with E-state index in [4.69, 9.17) is 0 Å². The Morgan fingerprint density at radius 1 is 1.30 bits per heavy atom. The van der Waals surface area contributed by atoms with Crippen molar-refractivity contribution in [3.8, 4) is 0 Å². The zero-order valence-corrected chi connectivity index (χ0v) is 5.87. The maximum atomic E-state index is 11.9. The van der Waals surface area contributed by atoms with Gasteiger partial charge < -0.3 is 0 Å². The lowest BCUT2D eigenvalue weighted by molar-refractivity contribution is 0.151. The van der Waals surface area contributed by atoms with Crippen LogP contribution in [-0.4, -0.2) is 0 Å². The van der Waals surface area contributed by atoms with Gasteiger partial charge in [-0.15, -0.1) is 0 Å². The highest BCUT2D eigenvalue weighted by Gasteiger charge is 2.05. The standard InChI is InChI=1S/C7H5F2S/c8-7(9)5-2-1-3-6(10)4-5/h1-4,7H. The van der Waals surface area contributed by atoms with Crippen LogP contribution in [0.2, 0.25) is 0 Å². The van der Waals surface area contributed by atoms with Crippen molar-refractivity contribution in [2.24, 2.45) is 0 Å². The SMILES string of the molecule is FC(F)c1cccc([S])c1. The van der Waals surface area contributed by atoms with Crippen LogP contribution >= 0.6 is 12.6 Å². The third-order valence-corrected chi connectivity index (χ3v) is 1.36. The zero-order chi connectivity index (χ0) is 7.56. The van der Waals surface area contributed by atoms with Crippen LogP contribution in [0.4, 0.5) is 8.78 Å². The second kappa shape index (κ2) is 2.92. The molecule has 1 radical (unpaired) electrons. The van der Waals surface area contributed by atoms with Gasteiger partial charge in [-0.1, -0.05) is 24.8 Å². The van der Waals surface area contributed by atoms with Crippen molar-refractivity contribution in [2.75, 3.05) is 0 Å². The predicted molar refractivity (Wildman–Crippen MR) is 37.3 cm³/mol. The van der Waals surface area contributed by atoms with Crippen LogP contribution < -0.4 is 0 Å². The summed E-state index contributed by atoms with van der Waals surface area (Å²) in [4.78, 5) is 0.456. The highest BCUT2D eigenvalue weighted by molar-refractivity contribution is 7.80. The van der Waals surface area contributed by atoms with Crippen LogP contribution in [0.25, 0.3) is 0 Å². The fourth-order valence-electron chi connectivity index (χ4n) is 0.650. The molecule has 53 valence electrons. The van der Waals surface area contributed by atoms with Crippen LogP contribution in [0.15, 0.2) is 29.2 Å². The first kappa shape index (κ1) is 7.41. The summed E-state index contributed by atoms with van der Waals surface area (Å²) < 4.78 is 23.8. The molecule has 0 fully saturated rings. The van der Waals surface area contributed by atoms with Crippen LogP contribution in [0.5, 0.6) is 0 Å². The van der Waals surface area contributed by atoms with Crippen molar-refractivity contribution in [2.45, 2.75) is 11.3 Å². The van der Waals surface area contributed by atoms with Crippen LogP contribution in [0.1, 0.15) is 12.0 Å². The van der Waals surface area contributed by atoms with E-state index < -0.39 is 6.43 Å². The van der Waals surface area contributed by atoms with Crippen molar-refractivity contribution in [1.29, 1.82) is 0 Å². The third-order valence-electron chi connectivity index (χ3n) is 1.11. The molecule has 0 bridgehead atoms. The molecule has 1 aromatic carbocycles. The van der Waals surface area contributed by atoms with Crippen LogP contribution in [0, 0.1) is 0 Å². The summed E-state index contributed by atoms with van der Waals surface area (Å²) >= 11 is 4.69. The summed E-state index contributed by atoms with van der Waals surface area (Å²) in [5.41, 5.74) is -0.00694. The number of rotatable bonds is 1. The van der Waals surface area contributed by atoms with Gasteiger partial charge in [0, 0.05) is 10.5 Å². The van der Waals surface area contributed by atoms with Gasteiger partial charge in [0.2, 0.25) is 0 Å². The van der Waals surface area contributed by atoms with E-state index in [0.29, 0.717) is 4.90 Å². The van der Waals surface area contributed by atoms with Gasteiger partial charge in [-0.3, -0.25) is 0 Å². The molecule has 0 N–H and O–H groups in total. The van der Waals surface area contributed by atoms with Gasteiger partial charge >= 0.3 is 0 Å². The largest absolute Gasteiger partial charge is 0.263 e. The molecule has 0 aliphatic rings. The number of halogens is 2. The molecule has 0 atom stereocenters. The van der Waals surface area contributed by atoms with E-state index in [9.17, 15) is 8.78 Å². The van der Waals surface area contributed by atoms with Crippen LogP contribution in [-0.2, 0) is 0 Å². The monoisotopic (exact) mass is 159 g/mol. The normalized spacial score (nSPS) is 10.3. The average Bonchev–Trinajstić information content (AvgIpc) is 1.88. The molecule has 0 amide bonds. The van der Waals surface area contributed by atoms with Crippen LogP contribution in [0.3, 0.4) is 0 Å². The molecule has 0 spiro atoms. The average molecular weight is 159 g/mol. The first-order valence-electron chi connectivity index (χ1n) is 2.75. The van der Waals surface area contributed by atoms with Gasteiger partial charge in [0.15, 0.2) is 0 Å². The molecular formula is C7H5F2S. The quantitative estimate of drug-likeness (QED) is 0.590. The highest BCUT2D eigenvalue weighted by Crippen LogP contribution is 2.20. The van der Waals surface area contributed by atoms with Gasteiger partial charge in [-0.25, -0.2) is 8.78 Å². The number of benzene rings is 1. The third kappa shape index (κ3) is 1.64. The van der Waals surface area contributed by atoms with Gasteiger partial charge in [0.05, 0.1) is 0 Å². The Balaban J connectivity index is 2.96. The molecule has 0 saturated carbocycles. The first-order valence-corrected chi connectivity index (χ1v) is 3.16. The maximum absolute atomic E-state index is 11.9. The predicted octanol–water partition coefficient (Wildman–Crippen LogP) is 3.18. The van der Waals surface area contributed by atoms with Crippen molar-refractivity contribution < 1.29 is 8.78 Å². The zero-order valence-electron chi connectivity index (χ0n) is 5.05. The Kier molecular flexibility index (Phi) is 2.17. The summed E-state index contributed by atoms with van der Waals surface area (Å²) in [5.74, 6) is 0. The van der Waals surface area contributed by atoms with Crippen molar-refractivity contribution >= 4 is 12.6 Å². The summed E-state index contributed by atoms with van der Waals surface area (Å²) in [6, 6.07) is 5.81. The highest BCUT2D eigenvalue weighted by atomic mass is 32.1. The molecule has 1 aromatic rings. The van der Waals surface area contributed by atoms with Gasteiger partial charge in [-0.05, 0) is 12.1 Å². The van der Waals surface area contributed by atoms with E-state index in [2.05, 4.69) is 12.6 Å². The first-order chi connectivity index (χ1) is 4.70. The van der Waals surface area contributed by atoms with E-state index in [1.807, 2.05) is 0 Å². The van der Waals surface area contributed by atoms with E-state index >= 15 is 0 Å². The van der Waals surface area contributed by atoms with Gasteiger partial charge in [-0.2, -0.15) is 0 Å². The summed E-state index contributed by atoms with van der Waals surface area (Å²) in [5, 5.41) is 0. The van der Waals surface area contributed by atoms with Crippen molar-refractivity contribution in [3.05, 3.63) is 29.8 Å². The van der Waals surface area contributed by atoms with Crippen molar-refractivity contribution in [3.63, 3.8) is 0 Å². The summed E-state index contributed by atoms with van der Waals surface area (Å²) in [6.45, 7) is 0. The van der Waals surface area contributed by atoms with E-state index in [0.717, 1.165) is 0 Å². The molecule has 0 aromatic heterocycles. The summed E-state index contributed by atoms with van der Waals surface area (Å²) in [6.07, 6.45) is -2.41. The summed E-state index contributed by atoms with van der Waals surface area (Å²) in [7, 11) is 0. The molecule has 0 saturated heterocycles. The number of hydrogen-bond donors (Lipinski definition) is 0. The number of alkyl halides is 2. The Morgan fingerprint density at radius 3 is 2.40 bits per heavy atom. The molecule has 0 heterocycles. The fraction of sp³-hybridized carbons (Fsp3) is 0.143. The second-order valence-electron chi connectivity index (χ2n) is 1.87. The molecule has 3 heteroatoms. The Labute approximate surface area is 63.3 Å². The smallest absolute Gasteiger partial charge is 0.205 e. The maximum Gasteiger partial charge on any atom is 0.263 e. The van der Waals surface area contributed by atoms with Gasteiger partial charge in [0.1, 0.15) is 0 Å². The minimum Gasteiger partial charge on any atom is -0.205 e. The lowest BCUT2D eigenvalue weighted by Crippen LogP contribution is -1.81.